The van der Waals surface area contributed by atoms with Gasteiger partial charge >= 0.3 is 7.82 Å². The van der Waals surface area contributed by atoms with Crippen molar-refractivity contribution in [3.05, 3.63) is 12.7 Å². The molecule has 1 unspecified atom stereocenters. The summed E-state index contributed by atoms with van der Waals surface area (Å²) in [6.07, 6.45) is -7.16. The van der Waals surface area contributed by atoms with E-state index in [1.54, 1.807) is 0 Å². The van der Waals surface area contributed by atoms with Gasteiger partial charge in [0.2, 0.25) is 0 Å². The zero-order chi connectivity index (χ0) is 17.6. The summed E-state index contributed by atoms with van der Waals surface area (Å²) in [6, 6.07) is 0. The van der Waals surface area contributed by atoms with Gasteiger partial charge in [-0.3, -0.25) is 9.09 Å². The number of halogens is 1. The molecule has 2 aromatic heterocycles. The molecule has 1 fully saturated rings. The first kappa shape index (κ1) is 17.1. The molecule has 1 aliphatic heterocycles. The monoisotopic (exact) mass is 365 g/mol. The third-order valence-electron chi connectivity index (χ3n) is 3.42. The van der Waals surface area contributed by atoms with Gasteiger partial charge in [0.05, 0.1) is 6.33 Å². The average Bonchev–Trinajstić information content (AvgIpc) is 3.01. The van der Waals surface area contributed by atoms with Gasteiger partial charge in [0.25, 0.3) is 0 Å². The van der Waals surface area contributed by atoms with Crippen molar-refractivity contribution >= 4 is 24.8 Å². The summed E-state index contributed by atoms with van der Waals surface area (Å²) in [7, 11) is -5.07. The quantitative estimate of drug-likeness (QED) is 0.311. The van der Waals surface area contributed by atoms with Crippen molar-refractivity contribution in [2.75, 3.05) is 5.73 Å². The molecular weight excluding hydrogens is 352 g/mol. The zero-order valence-electron chi connectivity index (χ0n) is 11.7. The van der Waals surface area contributed by atoms with E-state index >= 15 is 0 Å². The first-order chi connectivity index (χ1) is 11.2. The van der Waals surface area contributed by atoms with Gasteiger partial charge in [-0.2, -0.15) is 0 Å². The number of aromatic nitrogens is 4. The van der Waals surface area contributed by atoms with Crippen LogP contribution in [-0.2, 0) is 13.8 Å². The lowest BCUT2D eigenvalue weighted by Gasteiger charge is -2.21. The Bertz CT molecular complexity index is 799. The van der Waals surface area contributed by atoms with Gasteiger partial charge in [-0.15, -0.1) is 0 Å². The van der Waals surface area contributed by atoms with Crippen LogP contribution in [0.5, 0.6) is 0 Å². The highest BCUT2D eigenvalue weighted by Gasteiger charge is 2.50. The molecule has 14 heteroatoms. The van der Waals surface area contributed by atoms with Crippen molar-refractivity contribution in [3.63, 3.8) is 0 Å². The summed E-state index contributed by atoms with van der Waals surface area (Å²) in [4.78, 5) is 28.9. The van der Waals surface area contributed by atoms with E-state index in [0.717, 1.165) is 17.2 Å². The highest BCUT2D eigenvalue weighted by molar-refractivity contribution is 7.46. The number of nitrogens with two attached hydrogens (primary N) is 1. The van der Waals surface area contributed by atoms with Crippen molar-refractivity contribution in [3.8, 4) is 0 Å². The van der Waals surface area contributed by atoms with Gasteiger partial charge in [-0.05, 0) is 0 Å². The van der Waals surface area contributed by atoms with Crippen LogP contribution in [0.15, 0.2) is 12.7 Å². The van der Waals surface area contributed by atoms with Crippen molar-refractivity contribution in [1.82, 2.24) is 19.5 Å². The van der Waals surface area contributed by atoms with Crippen LogP contribution in [0.25, 0.3) is 11.2 Å². The van der Waals surface area contributed by atoms with Crippen LogP contribution in [0.3, 0.4) is 0 Å². The fraction of sp³-hybridized carbons (Fsp3) is 0.500. The molecule has 0 aliphatic carbocycles. The van der Waals surface area contributed by atoms with Gasteiger partial charge in [-0.1, -0.05) is 0 Å². The highest BCUT2D eigenvalue weighted by Crippen LogP contribution is 2.41. The molecule has 3 rings (SSSR count). The standard InChI is InChI=1S/C10H13FN5O7P/c11-3-5(17)6(10(18)23-24(19,20)21)22-9(3)16-2-15-4-7(12)13-1-14-8(4)16/h1-3,5-6,9-10,17-18H,(H2,12,13,14)(H2,19,20,21)/t3-,5+,6+,9-,10?/m1/s1. The number of fused-ring (bicyclic) bond motifs is 1. The van der Waals surface area contributed by atoms with Crippen molar-refractivity contribution in [2.45, 2.75) is 30.9 Å². The number of alkyl halides is 1. The summed E-state index contributed by atoms with van der Waals surface area (Å²) in [5.41, 5.74) is 5.92. The van der Waals surface area contributed by atoms with Gasteiger partial charge in [0.1, 0.15) is 24.1 Å². The van der Waals surface area contributed by atoms with E-state index in [2.05, 4.69) is 19.5 Å². The van der Waals surface area contributed by atoms with Crippen LogP contribution in [0, 0.1) is 0 Å². The van der Waals surface area contributed by atoms with E-state index in [9.17, 15) is 19.2 Å². The number of anilines is 1. The molecule has 6 N–H and O–H groups in total. The second-order valence-corrected chi connectivity index (χ2v) is 6.19. The number of hydrogen-bond donors (Lipinski definition) is 5. The van der Waals surface area contributed by atoms with Gasteiger partial charge in [-0.25, -0.2) is 23.9 Å². The molecule has 0 aromatic carbocycles. The zero-order valence-corrected chi connectivity index (χ0v) is 12.6. The van der Waals surface area contributed by atoms with Crippen LogP contribution in [-0.4, -0.2) is 64.2 Å². The summed E-state index contributed by atoms with van der Waals surface area (Å²) in [6.45, 7) is 0. The lowest BCUT2D eigenvalue weighted by molar-refractivity contribution is -0.160. The SMILES string of the molecule is Nc1ncnc2c1ncn2[C@@H]1O[C@H](C(O)OP(=O)(O)O)[C@@H](O)[C@H]1F. The molecule has 0 bridgehead atoms. The minimum Gasteiger partial charge on any atom is -0.387 e. The molecule has 24 heavy (non-hydrogen) atoms. The number of rotatable bonds is 4. The van der Waals surface area contributed by atoms with E-state index in [-0.39, 0.29) is 17.0 Å². The molecule has 1 aliphatic rings. The van der Waals surface area contributed by atoms with Crippen molar-refractivity contribution in [2.24, 2.45) is 0 Å². The number of nitrogens with zero attached hydrogens (tertiary/aromatic N) is 4. The maximum atomic E-state index is 14.4. The van der Waals surface area contributed by atoms with Crippen LogP contribution in [0.2, 0.25) is 0 Å². The van der Waals surface area contributed by atoms with Crippen LogP contribution >= 0.6 is 7.82 Å². The normalized spacial score (nSPS) is 29.2. The Labute approximate surface area is 132 Å². The largest absolute Gasteiger partial charge is 0.472 e. The molecule has 5 atom stereocenters. The Morgan fingerprint density at radius 2 is 2.12 bits per heavy atom. The number of aliphatic hydroxyl groups is 2. The molecule has 0 amide bonds. The maximum absolute atomic E-state index is 14.4. The maximum Gasteiger partial charge on any atom is 0.472 e. The number of aliphatic hydroxyl groups excluding tert-OH is 2. The molecule has 3 heterocycles. The van der Waals surface area contributed by atoms with Gasteiger partial charge in [0, 0.05) is 0 Å². The summed E-state index contributed by atoms with van der Waals surface area (Å²) in [5, 5.41) is 19.4. The van der Waals surface area contributed by atoms with E-state index < -0.39 is 38.7 Å². The third-order valence-corrected chi connectivity index (χ3v) is 3.91. The predicted molar refractivity (Wildman–Crippen MR) is 73.7 cm³/mol. The van der Waals surface area contributed by atoms with E-state index in [4.69, 9.17) is 20.3 Å². The minimum absolute atomic E-state index is 0.0501. The van der Waals surface area contributed by atoms with E-state index in [1.807, 2.05) is 0 Å². The fourth-order valence-electron chi connectivity index (χ4n) is 2.38. The molecule has 0 saturated carbocycles. The van der Waals surface area contributed by atoms with Crippen molar-refractivity contribution in [1.29, 1.82) is 0 Å². The fourth-order valence-corrected chi connectivity index (χ4v) is 2.78. The Kier molecular flexibility index (Phi) is 4.25. The second-order valence-electron chi connectivity index (χ2n) is 5.00. The summed E-state index contributed by atoms with van der Waals surface area (Å²) >= 11 is 0. The molecule has 0 spiro atoms. The number of phosphoric acid groups is 1. The molecule has 1 saturated heterocycles. The number of imidazole rings is 1. The van der Waals surface area contributed by atoms with Gasteiger partial charge in [0.15, 0.2) is 30.2 Å². The summed E-state index contributed by atoms with van der Waals surface area (Å²) in [5.74, 6) is 0.0501. The second kappa shape index (κ2) is 5.97. The Morgan fingerprint density at radius 1 is 1.42 bits per heavy atom. The van der Waals surface area contributed by atoms with Crippen LogP contribution in [0.4, 0.5) is 10.2 Å². The Balaban J connectivity index is 1.89. The minimum atomic E-state index is -5.07. The lowest BCUT2D eigenvalue weighted by Crippen LogP contribution is -2.38. The van der Waals surface area contributed by atoms with Gasteiger partial charge < -0.3 is 30.5 Å². The Morgan fingerprint density at radius 3 is 2.79 bits per heavy atom. The number of phosphoric ester groups is 1. The van der Waals surface area contributed by atoms with Crippen molar-refractivity contribution < 1.29 is 38.2 Å². The highest BCUT2D eigenvalue weighted by atomic mass is 31.2. The number of ether oxygens (including phenoxy) is 1. The summed E-state index contributed by atoms with van der Waals surface area (Å²) < 4.78 is 35.4. The predicted octanol–water partition coefficient (Wildman–Crippen LogP) is -1.57. The first-order valence-electron chi connectivity index (χ1n) is 6.51. The first-order valence-corrected chi connectivity index (χ1v) is 8.04. The molecule has 2 aromatic rings. The number of hydrogen-bond acceptors (Lipinski definition) is 9. The molecule has 12 nitrogen and oxygen atoms in total. The molecule has 0 radical (unpaired) electrons. The van der Waals surface area contributed by atoms with Crippen LogP contribution in [0.1, 0.15) is 6.23 Å². The third kappa shape index (κ3) is 2.98. The molecule has 132 valence electrons. The Hall–Kier alpha value is -1.73. The average molecular weight is 365 g/mol. The van der Waals surface area contributed by atoms with Crippen LogP contribution < -0.4 is 5.73 Å². The topological polar surface area (TPSA) is 186 Å². The smallest absolute Gasteiger partial charge is 0.387 e. The molecular formula is C10H13FN5O7P. The van der Waals surface area contributed by atoms with E-state index in [0.29, 0.717) is 0 Å². The lowest BCUT2D eigenvalue weighted by atomic mass is 10.1. The number of nitrogen functional groups attached to an aromatic ring is 1. The van der Waals surface area contributed by atoms with E-state index in [1.165, 1.54) is 0 Å².